The molecular weight excluding hydrogens is 356 g/mol. The summed E-state index contributed by atoms with van der Waals surface area (Å²) in [5.74, 6) is -1.39. The van der Waals surface area contributed by atoms with E-state index in [0.29, 0.717) is 0 Å². The van der Waals surface area contributed by atoms with Crippen LogP contribution < -0.4 is 4.90 Å². The number of hydrogen-bond acceptors (Lipinski definition) is 6. The average molecular weight is 378 g/mol. The lowest BCUT2D eigenvalue weighted by Crippen LogP contribution is -2.67. The molecule has 2 aromatic rings. The zero-order valence-electron chi connectivity index (χ0n) is 16.0. The summed E-state index contributed by atoms with van der Waals surface area (Å²) in [6, 6.07) is 15.4. The minimum Gasteiger partial charge on any atom is -0.469 e. The number of benzene rings is 2. The first-order chi connectivity index (χ1) is 13.6. The van der Waals surface area contributed by atoms with Gasteiger partial charge < -0.3 is 14.4 Å². The maximum Gasteiger partial charge on any atom is 0.329 e. The number of nitrogens with zero attached hydrogens (tertiary/aromatic N) is 2. The lowest BCUT2D eigenvalue weighted by atomic mass is 9.73. The molecule has 3 aliphatic heterocycles. The standard InChI is InChI=1S/C22H22N2O4/c1-23-18-13-9-5-4-8-12(13)16-14-10-6-7-11-15(14)24(20(16)23)19(22(26)28-3)17(18)21(25)27-2/h4-11,16-20H,1-3H3/t16-,17+,18+,19+,20+/m0/s1. The monoisotopic (exact) mass is 378 g/mol. The first-order valence-electron chi connectivity index (χ1n) is 9.43. The van der Waals surface area contributed by atoms with Crippen LogP contribution >= 0.6 is 0 Å². The van der Waals surface area contributed by atoms with Crippen molar-refractivity contribution in [3.63, 3.8) is 0 Å². The maximum atomic E-state index is 13.0. The van der Waals surface area contributed by atoms with Gasteiger partial charge in [0.1, 0.15) is 12.0 Å². The molecule has 0 aromatic heterocycles. The Kier molecular flexibility index (Phi) is 3.74. The molecule has 0 radical (unpaired) electrons. The van der Waals surface area contributed by atoms with E-state index in [1.807, 2.05) is 37.4 Å². The number of anilines is 1. The predicted octanol–water partition coefficient (Wildman–Crippen LogP) is 2.30. The van der Waals surface area contributed by atoms with Gasteiger partial charge in [-0.05, 0) is 29.8 Å². The molecule has 3 heterocycles. The van der Waals surface area contributed by atoms with Crippen LogP contribution in [0.3, 0.4) is 0 Å². The van der Waals surface area contributed by atoms with E-state index in [4.69, 9.17) is 9.47 Å². The lowest BCUT2D eigenvalue weighted by Gasteiger charge is -2.55. The molecule has 0 unspecified atom stereocenters. The van der Waals surface area contributed by atoms with Gasteiger partial charge in [-0.1, -0.05) is 42.5 Å². The highest BCUT2D eigenvalue weighted by Gasteiger charge is 2.62. The number of carbonyl (C=O) groups excluding carboxylic acids is 2. The van der Waals surface area contributed by atoms with Gasteiger partial charge in [0, 0.05) is 11.6 Å². The van der Waals surface area contributed by atoms with Crippen molar-refractivity contribution in [2.24, 2.45) is 5.92 Å². The van der Waals surface area contributed by atoms with Gasteiger partial charge >= 0.3 is 11.9 Å². The van der Waals surface area contributed by atoms with Crippen molar-refractivity contribution >= 4 is 17.6 Å². The third-order valence-corrected chi connectivity index (χ3v) is 6.53. The van der Waals surface area contributed by atoms with E-state index in [-0.39, 0.29) is 18.1 Å². The molecule has 6 heteroatoms. The van der Waals surface area contributed by atoms with Crippen molar-refractivity contribution in [1.29, 1.82) is 0 Å². The second-order valence-corrected chi connectivity index (χ2v) is 7.61. The molecule has 3 aliphatic rings. The number of carbonyl (C=O) groups is 2. The molecule has 5 rings (SSSR count). The Balaban J connectivity index is 1.84. The molecule has 0 N–H and O–H groups in total. The number of methoxy groups -OCH3 is 2. The summed E-state index contributed by atoms with van der Waals surface area (Å²) in [6.07, 6.45) is -0.0534. The molecule has 144 valence electrons. The number of para-hydroxylation sites is 1. The van der Waals surface area contributed by atoms with Crippen LogP contribution in [0.1, 0.15) is 28.7 Å². The zero-order chi connectivity index (χ0) is 19.6. The number of hydrogen-bond donors (Lipinski definition) is 0. The highest BCUT2D eigenvalue weighted by Crippen LogP contribution is 2.58. The summed E-state index contributed by atoms with van der Waals surface area (Å²) in [5, 5.41) is 0. The topological polar surface area (TPSA) is 59.1 Å². The summed E-state index contributed by atoms with van der Waals surface area (Å²) in [5.41, 5.74) is 4.43. The van der Waals surface area contributed by atoms with Crippen LogP contribution in [0, 0.1) is 5.92 Å². The van der Waals surface area contributed by atoms with E-state index in [9.17, 15) is 9.59 Å². The summed E-state index contributed by atoms with van der Waals surface area (Å²) < 4.78 is 10.3. The molecule has 28 heavy (non-hydrogen) atoms. The number of fused-ring (bicyclic) bond motifs is 7. The highest BCUT2D eigenvalue weighted by atomic mass is 16.5. The van der Waals surface area contributed by atoms with E-state index in [0.717, 1.165) is 11.3 Å². The van der Waals surface area contributed by atoms with Crippen LogP contribution in [0.2, 0.25) is 0 Å². The molecule has 5 atom stereocenters. The van der Waals surface area contributed by atoms with Gasteiger partial charge in [0.05, 0.1) is 26.4 Å². The highest BCUT2D eigenvalue weighted by molar-refractivity contribution is 5.91. The largest absolute Gasteiger partial charge is 0.469 e. The third kappa shape index (κ3) is 2.01. The van der Waals surface area contributed by atoms with Crippen molar-refractivity contribution < 1.29 is 19.1 Å². The van der Waals surface area contributed by atoms with E-state index in [2.05, 4.69) is 28.0 Å². The minimum atomic E-state index is -0.733. The average Bonchev–Trinajstić information content (AvgIpc) is 3.09. The molecule has 2 aromatic carbocycles. The Morgan fingerprint density at radius 2 is 1.46 bits per heavy atom. The van der Waals surface area contributed by atoms with Crippen molar-refractivity contribution in [3.05, 3.63) is 65.2 Å². The fourth-order valence-electron chi connectivity index (χ4n) is 5.54. The first kappa shape index (κ1) is 17.3. The predicted molar refractivity (Wildman–Crippen MR) is 103 cm³/mol. The molecule has 2 bridgehead atoms. The number of esters is 2. The van der Waals surface area contributed by atoms with Gasteiger partial charge in [0.2, 0.25) is 0 Å². The van der Waals surface area contributed by atoms with Gasteiger partial charge in [-0.3, -0.25) is 9.69 Å². The first-order valence-corrected chi connectivity index (χ1v) is 9.43. The Morgan fingerprint density at radius 1 is 0.857 bits per heavy atom. The quantitative estimate of drug-likeness (QED) is 0.748. The Morgan fingerprint density at radius 3 is 2.14 bits per heavy atom. The second-order valence-electron chi connectivity index (χ2n) is 7.61. The Bertz CT molecular complexity index is 975. The van der Waals surface area contributed by atoms with Gasteiger partial charge in [-0.2, -0.15) is 0 Å². The molecule has 6 nitrogen and oxygen atoms in total. The third-order valence-electron chi connectivity index (χ3n) is 6.53. The normalized spacial score (nSPS) is 29.7. The molecule has 0 saturated carbocycles. The smallest absolute Gasteiger partial charge is 0.329 e. The van der Waals surface area contributed by atoms with Crippen molar-refractivity contribution in [3.8, 4) is 0 Å². The van der Waals surface area contributed by atoms with Gasteiger partial charge in [0.25, 0.3) is 0 Å². The lowest BCUT2D eigenvalue weighted by molar-refractivity contribution is -0.161. The Hall–Kier alpha value is -2.86. The number of rotatable bonds is 2. The van der Waals surface area contributed by atoms with Crippen molar-refractivity contribution in [1.82, 2.24) is 4.90 Å². The van der Waals surface area contributed by atoms with Gasteiger partial charge in [-0.25, -0.2) is 4.79 Å². The maximum absolute atomic E-state index is 13.0. The molecule has 1 fully saturated rings. The van der Waals surface area contributed by atoms with E-state index in [1.54, 1.807) is 0 Å². The van der Waals surface area contributed by atoms with Crippen LogP contribution in [0.25, 0.3) is 0 Å². The zero-order valence-corrected chi connectivity index (χ0v) is 16.0. The SMILES string of the molecule is COC(=O)[C@@H]1[C@H]2c3ccccc3[C@H]3c4ccccc4N([C@H]3N2C)[C@H]1C(=O)OC. The van der Waals surface area contributed by atoms with Crippen LogP contribution in [-0.2, 0) is 19.1 Å². The number of ether oxygens (including phenoxy) is 2. The molecular formula is C22H22N2O4. The summed E-state index contributed by atoms with van der Waals surface area (Å²) in [4.78, 5) is 30.2. The second kappa shape index (κ2) is 6.07. The van der Waals surface area contributed by atoms with Crippen LogP contribution in [0.15, 0.2) is 48.5 Å². The summed E-state index contributed by atoms with van der Waals surface area (Å²) in [7, 11) is 4.77. The van der Waals surface area contributed by atoms with Crippen LogP contribution in [0.4, 0.5) is 5.69 Å². The fraction of sp³-hybridized carbons (Fsp3) is 0.364. The van der Waals surface area contributed by atoms with E-state index >= 15 is 0 Å². The van der Waals surface area contributed by atoms with Crippen LogP contribution in [-0.4, -0.2) is 50.3 Å². The van der Waals surface area contributed by atoms with Gasteiger partial charge in [0.15, 0.2) is 0 Å². The summed E-state index contributed by atoms with van der Waals surface area (Å²) >= 11 is 0. The summed E-state index contributed by atoms with van der Waals surface area (Å²) in [6.45, 7) is 0. The molecule has 0 spiro atoms. The Labute approximate surface area is 163 Å². The van der Waals surface area contributed by atoms with Crippen molar-refractivity contribution in [2.45, 2.75) is 24.2 Å². The molecule has 0 amide bonds. The molecule has 0 aliphatic carbocycles. The van der Waals surface area contributed by atoms with E-state index in [1.165, 1.54) is 25.3 Å². The number of likely N-dealkylation sites (N-methyl/N-ethyl adjacent to an activating group) is 1. The van der Waals surface area contributed by atoms with Crippen LogP contribution in [0.5, 0.6) is 0 Å². The van der Waals surface area contributed by atoms with Gasteiger partial charge in [-0.15, -0.1) is 0 Å². The van der Waals surface area contributed by atoms with E-state index < -0.39 is 23.9 Å². The van der Waals surface area contributed by atoms with Crippen molar-refractivity contribution in [2.75, 3.05) is 26.2 Å². The minimum absolute atomic E-state index is 0.0534. The molecule has 1 saturated heterocycles. The fourth-order valence-corrected chi connectivity index (χ4v) is 5.54.